The van der Waals surface area contributed by atoms with Crippen LogP contribution in [0.5, 0.6) is 5.75 Å². The second-order valence-electron chi connectivity index (χ2n) is 4.47. The highest BCUT2D eigenvalue weighted by Gasteiger charge is 2.21. The van der Waals surface area contributed by atoms with Crippen molar-refractivity contribution in [3.05, 3.63) is 47.8 Å². The lowest BCUT2D eigenvalue weighted by molar-refractivity contribution is 0.0696. The molecule has 2 aromatic rings. The van der Waals surface area contributed by atoms with Gasteiger partial charge in [0, 0.05) is 24.4 Å². The Morgan fingerprint density at radius 2 is 2.05 bits per heavy atom. The van der Waals surface area contributed by atoms with Crippen molar-refractivity contribution in [1.29, 1.82) is 0 Å². The van der Waals surface area contributed by atoms with E-state index in [0.29, 0.717) is 12.6 Å². The van der Waals surface area contributed by atoms with Crippen LogP contribution in [0.15, 0.2) is 36.7 Å². The molecule has 2 N–H and O–H groups in total. The average molecular weight is 271 g/mol. The molecule has 0 amide bonds. The first-order chi connectivity index (χ1) is 9.74. The van der Waals surface area contributed by atoms with E-state index in [9.17, 15) is 4.79 Å². The summed E-state index contributed by atoms with van der Waals surface area (Å²) in [7, 11) is 0. The van der Waals surface area contributed by atoms with Gasteiger partial charge in [0.05, 0.1) is 18.2 Å². The number of fused-ring (bicyclic) bond motifs is 1. The quantitative estimate of drug-likeness (QED) is 0.889. The summed E-state index contributed by atoms with van der Waals surface area (Å²) in [4.78, 5) is 18.8. The first-order valence-electron chi connectivity index (χ1n) is 6.27. The molecular formula is C14H13N3O3. The molecule has 2 heterocycles. The zero-order chi connectivity index (χ0) is 13.9. The van der Waals surface area contributed by atoms with Crippen LogP contribution in [0.25, 0.3) is 0 Å². The van der Waals surface area contributed by atoms with Crippen molar-refractivity contribution in [2.75, 3.05) is 11.9 Å². The van der Waals surface area contributed by atoms with Crippen molar-refractivity contribution in [3.63, 3.8) is 0 Å². The smallest absolute Gasteiger partial charge is 0.338 e. The number of aromatic carboxylic acids is 1. The van der Waals surface area contributed by atoms with E-state index in [0.717, 1.165) is 17.7 Å². The number of carboxylic acid groups (broad SMARTS) is 1. The molecule has 20 heavy (non-hydrogen) atoms. The molecular weight excluding hydrogens is 258 g/mol. The third-order valence-corrected chi connectivity index (χ3v) is 3.16. The highest BCUT2D eigenvalue weighted by molar-refractivity contribution is 5.86. The van der Waals surface area contributed by atoms with Crippen LogP contribution in [0.4, 0.5) is 5.95 Å². The Balaban J connectivity index is 1.80. The Bertz CT molecular complexity index is 628. The molecule has 6 heteroatoms. The second kappa shape index (κ2) is 5.16. The standard InChI is InChI=1S/C14H13N3O3/c18-13(19)9-7-15-14(16-8-9)17-11-5-6-20-12-4-2-1-3-10(11)12/h1-4,7-8,11H,5-6H2,(H,18,19)(H,15,16,17). The van der Waals surface area contributed by atoms with Gasteiger partial charge in [-0.3, -0.25) is 0 Å². The Hall–Kier alpha value is -2.63. The lowest BCUT2D eigenvalue weighted by atomic mass is 10.0. The molecule has 1 atom stereocenters. The maximum atomic E-state index is 10.7. The maximum Gasteiger partial charge on any atom is 0.338 e. The van der Waals surface area contributed by atoms with Crippen LogP contribution in [0.3, 0.4) is 0 Å². The van der Waals surface area contributed by atoms with Crippen molar-refractivity contribution in [3.8, 4) is 5.75 Å². The molecule has 0 saturated carbocycles. The minimum absolute atomic E-state index is 0.0654. The average Bonchev–Trinajstić information content (AvgIpc) is 2.48. The number of hydrogen-bond acceptors (Lipinski definition) is 5. The topological polar surface area (TPSA) is 84.3 Å². The van der Waals surface area contributed by atoms with Crippen LogP contribution in [0, 0.1) is 0 Å². The maximum absolute atomic E-state index is 10.7. The molecule has 0 saturated heterocycles. The summed E-state index contributed by atoms with van der Waals surface area (Å²) in [5.41, 5.74) is 1.13. The van der Waals surface area contributed by atoms with Gasteiger partial charge < -0.3 is 15.2 Å². The van der Waals surface area contributed by atoms with Crippen LogP contribution < -0.4 is 10.1 Å². The fraction of sp³-hybridized carbons (Fsp3) is 0.214. The second-order valence-corrected chi connectivity index (χ2v) is 4.47. The predicted molar refractivity (Wildman–Crippen MR) is 71.9 cm³/mol. The Kier molecular flexibility index (Phi) is 3.20. The first kappa shape index (κ1) is 12.4. The molecule has 0 spiro atoms. The van der Waals surface area contributed by atoms with Crippen LogP contribution >= 0.6 is 0 Å². The molecule has 102 valence electrons. The van der Waals surface area contributed by atoms with Gasteiger partial charge in [0.2, 0.25) is 5.95 Å². The van der Waals surface area contributed by atoms with E-state index < -0.39 is 5.97 Å². The van der Waals surface area contributed by atoms with Gasteiger partial charge in [0.1, 0.15) is 5.75 Å². The summed E-state index contributed by atoms with van der Waals surface area (Å²) in [6.07, 6.45) is 3.40. The fourth-order valence-electron chi connectivity index (χ4n) is 2.16. The van der Waals surface area contributed by atoms with Gasteiger partial charge in [-0.1, -0.05) is 18.2 Å². The number of nitrogens with zero attached hydrogens (tertiary/aromatic N) is 2. The molecule has 3 rings (SSSR count). The number of nitrogens with one attached hydrogen (secondary N) is 1. The van der Waals surface area contributed by atoms with Gasteiger partial charge >= 0.3 is 5.97 Å². The van der Waals surface area contributed by atoms with Crippen molar-refractivity contribution < 1.29 is 14.6 Å². The zero-order valence-corrected chi connectivity index (χ0v) is 10.6. The number of aromatic nitrogens is 2. The monoisotopic (exact) mass is 271 g/mol. The molecule has 6 nitrogen and oxygen atoms in total. The number of anilines is 1. The highest BCUT2D eigenvalue weighted by Crippen LogP contribution is 2.33. The van der Waals surface area contributed by atoms with E-state index in [1.165, 1.54) is 12.4 Å². The molecule has 0 fully saturated rings. The Morgan fingerprint density at radius 3 is 2.80 bits per heavy atom. The number of carboxylic acids is 1. The van der Waals surface area contributed by atoms with E-state index in [4.69, 9.17) is 9.84 Å². The van der Waals surface area contributed by atoms with E-state index in [1.807, 2.05) is 24.3 Å². The number of carbonyl (C=O) groups is 1. The number of hydrogen-bond donors (Lipinski definition) is 2. The zero-order valence-electron chi connectivity index (χ0n) is 10.6. The molecule has 0 aliphatic carbocycles. The number of ether oxygens (including phenoxy) is 1. The minimum atomic E-state index is -1.03. The number of para-hydroxylation sites is 1. The van der Waals surface area contributed by atoms with Gasteiger partial charge in [-0.05, 0) is 6.07 Å². The van der Waals surface area contributed by atoms with Crippen LogP contribution in [-0.4, -0.2) is 27.7 Å². The Labute approximate surface area is 115 Å². The summed E-state index contributed by atoms with van der Waals surface area (Å²) in [6, 6.07) is 7.88. The summed E-state index contributed by atoms with van der Waals surface area (Å²) >= 11 is 0. The van der Waals surface area contributed by atoms with E-state index in [-0.39, 0.29) is 11.6 Å². The normalized spacial score (nSPS) is 16.9. The van der Waals surface area contributed by atoms with Gasteiger partial charge in [0.15, 0.2) is 0 Å². The SMILES string of the molecule is O=C(O)c1cnc(NC2CCOc3ccccc32)nc1. The van der Waals surface area contributed by atoms with E-state index in [1.54, 1.807) is 0 Å². The molecule has 1 aromatic heterocycles. The lowest BCUT2D eigenvalue weighted by Gasteiger charge is -2.26. The fourth-order valence-corrected chi connectivity index (χ4v) is 2.16. The highest BCUT2D eigenvalue weighted by atomic mass is 16.5. The van der Waals surface area contributed by atoms with E-state index in [2.05, 4.69) is 15.3 Å². The van der Waals surface area contributed by atoms with Crippen molar-refractivity contribution >= 4 is 11.9 Å². The summed E-state index contributed by atoms with van der Waals surface area (Å²) < 4.78 is 5.58. The number of benzene rings is 1. The van der Waals surface area contributed by atoms with Gasteiger partial charge in [-0.15, -0.1) is 0 Å². The Morgan fingerprint density at radius 1 is 1.30 bits per heavy atom. The molecule has 1 unspecified atom stereocenters. The predicted octanol–water partition coefficient (Wildman–Crippen LogP) is 2.11. The van der Waals surface area contributed by atoms with Crippen LogP contribution in [-0.2, 0) is 0 Å². The number of rotatable bonds is 3. The minimum Gasteiger partial charge on any atom is -0.493 e. The van der Waals surface area contributed by atoms with Gasteiger partial charge in [-0.25, -0.2) is 14.8 Å². The van der Waals surface area contributed by atoms with Crippen molar-refractivity contribution in [2.45, 2.75) is 12.5 Å². The van der Waals surface area contributed by atoms with Crippen LogP contribution in [0.1, 0.15) is 28.4 Å². The summed E-state index contributed by atoms with van der Waals surface area (Å²) in [6.45, 7) is 0.627. The molecule has 1 aliphatic rings. The summed E-state index contributed by atoms with van der Waals surface area (Å²) in [5.74, 6) is 0.239. The molecule has 0 bridgehead atoms. The van der Waals surface area contributed by atoms with Gasteiger partial charge in [0.25, 0.3) is 0 Å². The lowest BCUT2D eigenvalue weighted by Crippen LogP contribution is -2.21. The third kappa shape index (κ3) is 2.40. The van der Waals surface area contributed by atoms with Crippen molar-refractivity contribution in [2.24, 2.45) is 0 Å². The third-order valence-electron chi connectivity index (χ3n) is 3.16. The van der Waals surface area contributed by atoms with Crippen molar-refractivity contribution in [1.82, 2.24) is 9.97 Å². The molecule has 1 aromatic carbocycles. The summed E-state index contributed by atoms with van der Waals surface area (Å²) in [5, 5.41) is 12.0. The van der Waals surface area contributed by atoms with E-state index >= 15 is 0 Å². The molecule has 0 radical (unpaired) electrons. The molecule has 1 aliphatic heterocycles. The van der Waals surface area contributed by atoms with Crippen LogP contribution in [0.2, 0.25) is 0 Å². The van der Waals surface area contributed by atoms with Gasteiger partial charge in [-0.2, -0.15) is 0 Å². The first-order valence-corrected chi connectivity index (χ1v) is 6.27. The largest absolute Gasteiger partial charge is 0.493 e.